The maximum atomic E-state index is 12.4. The van der Waals surface area contributed by atoms with E-state index in [0.29, 0.717) is 11.0 Å². The van der Waals surface area contributed by atoms with Gasteiger partial charge in [0, 0.05) is 10.9 Å². The van der Waals surface area contributed by atoms with E-state index in [0.717, 1.165) is 6.07 Å². The maximum absolute atomic E-state index is 12.4. The molecule has 0 saturated carbocycles. The van der Waals surface area contributed by atoms with Gasteiger partial charge in [0.25, 0.3) is 11.8 Å². The number of rotatable bonds is 5. The van der Waals surface area contributed by atoms with Crippen LogP contribution in [0.3, 0.4) is 0 Å². The van der Waals surface area contributed by atoms with Gasteiger partial charge < -0.3 is 20.2 Å². The van der Waals surface area contributed by atoms with Gasteiger partial charge >= 0.3 is 6.61 Å². The Morgan fingerprint density at radius 3 is 2.60 bits per heavy atom. The summed E-state index contributed by atoms with van der Waals surface area (Å²) in [6, 6.07) is 11.9. The Kier molecular flexibility index (Phi) is 4.34. The number of carbonyl (C=O) groups excluding carboxylic acids is 2. The third-order valence-electron chi connectivity index (χ3n) is 3.38. The van der Waals surface area contributed by atoms with Crippen LogP contribution in [-0.2, 0) is 0 Å². The van der Waals surface area contributed by atoms with Gasteiger partial charge in [-0.25, -0.2) is 0 Å². The normalized spacial score (nSPS) is 10.8. The van der Waals surface area contributed by atoms with Gasteiger partial charge in [0.15, 0.2) is 0 Å². The zero-order chi connectivity index (χ0) is 18.0. The minimum Gasteiger partial charge on any atom is -0.449 e. The minimum absolute atomic E-state index is 0.0684. The van der Waals surface area contributed by atoms with Crippen molar-refractivity contribution in [2.75, 3.05) is 5.32 Å². The van der Waals surface area contributed by atoms with Crippen molar-refractivity contribution in [2.24, 2.45) is 5.73 Å². The second-order valence-electron chi connectivity index (χ2n) is 5.03. The third-order valence-corrected chi connectivity index (χ3v) is 3.38. The number of carbonyl (C=O) groups is 2. The maximum Gasteiger partial charge on any atom is 0.387 e. The highest BCUT2D eigenvalue weighted by atomic mass is 19.3. The first-order chi connectivity index (χ1) is 12.0. The number of anilines is 1. The molecule has 3 rings (SSSR count). The van der Waals surface area contributed by atoms with E-state index in [4.69, 9.17) is 10.2 Å². The van der Waals surface area contributed by atoms with Crippen LogP contribution in [0.25, 0.3) is 11.0 Å². The van der Waals surface area contributed by atoms with E-state index in [9.17, 15) is 18.4 Å². The average Bonchev–Trinajstić information content (AvgIpc) is 2.93. The molecule has 25 heavy (non-hydrogen) atoms. The summed E-state index contributed by atoms with van der Waals surface area (Å²) in [5.41, 5.74) is 5.85. The predicted octanol–water partition coefficient (Wildman–Crippen LogP) is 3.39. The fourth-order valence-electron chi connectivity index (χ4n) is 2.34. The number of hydrogen-bond donors (Lipinski definition) is 2. The average molecular weight is 346 g/mol. The van der Waals surface area contributed by atoms with Crippen LogP contribution in [0.4, 0.5) is 14.5 Å². The summed E-state index contributed by atoms with van der Waals surface area (Å²) >= 11 is 0. The van der Waals surface area contributed by atoms with Crippen molar-refractivity contribution in [1.82, 2.24) is 0 Å². The molecule has 1 aromatic heterocycles. The highest BCUT2D eigenvalue weighted by molar-refractivity contribution is 6.14. The van der Waals surface area contributed by atoms with Crippen molar-refractivity contribution in [3.05, 3.63) is 59.9 Å². The standard InChI is InChI=1S/C17H12F2N2O4/c18-17(19)24-10-5-3-4-9(8-10)16(23)21-13-11-6-1-2-7-12(11)25-14(13)15(20)22/h1-8,17H,(H2,20,22)(H,21,23). The molecule has 8 heteroatoms. The number of primary amides is 1. The van der Waals surface area contributed by atoms with Crippen molar-refractivity contribution in [1.29, 1.82) is 0 Å². The van der Waals surface area contributed by atoms with E-state index in [1.165, 1.54) is 18.2 Å². The molecule has 128 valence electrons. The Labute approximate surface area is 140 Å². The Balaban J connectivity index is 1.95. The van der Waals surface area contributed by atoms with Crippen molar-refractivity contribution in [2.45, 2.75) is 6.61 Å². The van der Waals surface area contributed by atoms with E-state index in [1.807, 2.05) is 0 Å². The van der Waals surface area contributed by atoms with Crippen LogP contribution in [0.1, 0.15) is 20.9 Å². The van der Waals surface area contributed by atoms with Gasteiger partial charge in [0.1, 0.15) is 17.0 Å². The quantitative estimate of drug-likeness (QED) is 0.740. The molecule has 0 saturated heterocycles. The van der Waals surface area contributed by atoms with Crippen molar-refractivity contribution in [3.8, 4) is 5.75 Å². The summed E-state index contributed by atoms with van der Waals surface area (Å²) in [6.45, 7) is -3.00. The molecule has 0 spiro atoms. The molecule has 6 nitrogen and oxygen atoms in total. The highest BCUT2D eigenvalue weighted by Crippen LogP contribution is 2.31. The van der Waals surface area contributed by atoms with Crippen LogP contribution in [0.15, 0.2) is 52.9 Å². The number of nitrogens with one attached hydrogen (secondary N) is 1. The number of alkyl halides is 2. The zero-order valence-electron chi connectivity index (χ0n) is 12.7. The van der Waals surface area contributed by atoms with Crippen LogP contribution >= 0.6 is 0 Å². The molecule has 0 aliphatic rings. The summed E-state index contributed by atoms with van der Waals surface area (Å²) in [7, 11) is 0. The zero-order valence-corrected chi connectivity index (χ0v) is 12.7. The number of halogens is 2. The van der Waals surface area contributed by atoms with E-state index in [2.05, 4.69) is 10.1 Å². The minimum atomic E-state index is -3.00. The molecule has 0 aliphatic heterocycles. The van der Waals surface area contributed by atoms with Gasteiger partial charge in [0.05, 0.1) is 0 Å². The first-order valence-electron chi connectivity index (χ1n) is 7.13. The number of ether oxygens (including phenoxy) is 1. The summed E-state index contributed by atoms with van der Waals surface area (Å²) in [5, 5.41) is 3.03. The molecule has 0 radical (unpaired) electrons. The van der Waals surface area contributed by atoms with Gasteiger partial charge in [-0.05, 0) is 30.3 Å². The molecule has 1 heterocycles. The van der Waals surface area contributed by atoms with Crippen LogP contribution in [-0.4, -0.2) is 18.4 Å². The van der Waals surface area contributed by atoms with Crippen molar-refractivity contribution < 1.29 is 27.5 Å². The fourth-order valence-corrected chi connectivity index (χ4v) is 2.34. The van der Waals surface area contributed by atoms with E-state index in [1.54, 1.807) is 24.3 Å². The van der Waals surface area contributed by atoms with Gasteiger partial charge in [-0.15, -0.1) is 0 Å². The number of benzene rings is 2. The molecule has 3 aromatic rings. The highest BCUT2D eigenvalue weighted by Gasteiger charge is 2.21. The molecule has 2 aromatic carbocycles. The molecular formula is C17H12F2N2O4. The number of fused-ring (bicyclic) bond motifs is 1. The predicted molar refractivity (Wildman–Crippen MR) is 85.8 cm³/mol. The topological polar surface area (TPSA) is 94.6 Å². The van der Waals surface area contributed by atoms with Crippen LogP contribution in [0, 0.1) is 0 Å². The second kappa shape index (κ2) is 6.60. The largest absolute Gasteiger partial charge is 0.449 e. The lowest BCUT2D eigenvalue weighted by molar-refractivity contribution is -0.0498. The summed E-state index contributed by atoms with van der Waals surface area (Å²) in [5.74, 6) is -1.83. The fraction of sp³-hybridized carbons (Fsp3) is 0.0588. The van der Waals surface area contributed by atoms with Gasteiger partial charge in [-0.3, -0.25) is 9.59 Å². The Hall–Kier alpha value is -3.42. The number of amides is 2. The first-order valence-corrected chi connectivity index (χ1v) is 7.13. The molecule has 0 unspecified atom stereocenters. The third kappa shape index (κ3) is 3.42. The Morgan fingerprint density at radius 1 is 1.12 bits per heavy atom. The van der Waals surface area contributed by atoms with Crippen LogP contribution < -0.4 is 15.8 Å². The van der Waals surface area contributed by atoms with Gasteiger partial charge in [-0.2, -0.15) is 8.78 Å². The number of furan rings is 1. The van der Waals surface area contributed by atoms with E-state index in [-0.39, 0.29) is 22.8 Å². The van der Waals surface area contributed by atoms with Gasteiger partial charge in [0.2, 0.25) is 5.76 Å². The van der Waals surface area contributed by atoms with Crippen molar-refractivity contribution in [3.63, 3.8) is 0 Å². The van der Waals surface area contributed by atoms with E-state index >= 15 is 0 Å². The smallest absolute Gasteiger partial charge is 0.387 e. The molecule has 3 N–H and O–H groups in total. The van der Waals surface area contributed by atoms with Crippen LogP contribution in [0.5, 0.6) is 5.75 Å². The molecular weight excluding hydrogens is 334 g/mol. The molecule has 0 atom stereocenters. The molecule has 0 fully saturated rings. The Bertz CT molecular complexity index is 953. The number of nitrogens with two attached hydrogens (primary N) is 1. The summed E-state index contributed by atoms with van der Waals surface area (Å²) in [6.07, 6.45) is 0. The lowest BCUT2D eigenvalue weighted by Gasteiger charge is -2.08. The molecule has 0 aliphatic carbocycles. The summed E-state index contributed by atoms with van der Waals surface area (Å²) < 4.78 is 34.2. The summed E-state index contributed by atoms with van der Waals surface area (Å²) in [4.78, 5) is 24.0. The lowest BCUT2D eigenvalue weighted by Crippen LogP contribution is -2.17. The van der Waals surface area contributed by atoms with Gasteiger partial charge in [-0.1, -0.05) is 18.2 Å². The van der Waals surface area contributed by atoms with Crippen LogP contribution in [0.2, 0.25) is 0 Å². The Morgan fingerprint density at radius 2 is 1.88 bits per heavy atom. The molecule has 0 bridgehead atoms. The van der Waals surface area contributed by atoms with Crippen molar-refractivity contribution >= 4 is 28.5 Å². The lowest BCUT2D eigenvalue weighted by atomic mass is 10.1. The van der Waals surface area contributed by atoms with E-state index < -0.39 is 18.4 Å². The monoisotopic (exact) mass is 346 g/mol. The number of para-hydroxylation sites is 1. The second-order valence-corrected chi connectivity index (χ2v) is 5.03. The SMILES string of the molecule is NC(=O)c1oc2ccccc2c1NC(=O)c1cccc(OC(F)F)c1. The number of hydrogen-bond acceptors (Lipinski definition) is 4. The molecule has 2 amide bonds. The first kappa shape index (κ1) is 16.4.